The molecule has 3 rings (SSSR count). The van der Waals surface area contributed by atoms with Gasteiger partial charge in [0.25, 0.3) is 5.88 Å². The Labute approximate surface area is 117 Å². The van der Waals surface area contributed by atoms with Gasteiger partial charge in [-0.25, -0.2) is 14.6 Å². The van der Waals surface area contributed by atoms with Gasteiger partial charge in [-0.3, -0.25) is 4.90 Å². The zero-order valence-electron chi connectivity index (χ0n) is 10.7. The number of amides is 1. The molecular formula is C12H11N3O6. The Hall–Kier alpha value is -2.84. The first-order valence-corrected chi connectivity index (χ1v) is 6.15. The van der Waals surface area contributed by atoms with Gasteiger partial charge in [-0.2, -0.15) is 0 Å². The number of carbonyl (C=O) groups is 2. The van der Waals surface area contributed by atoms with Crippen molar-refractivity contribution in [3.8, 4) is 5.88 Å². The highest BCUT2D eigenvalue weighted by Crippen LogP contribution is 2.27. The molecule has 2 aromatic heterocycles. The van der Waals surface area contributed by atoms with Crippen LogP contribution in [0.15, 0.2) is 22.9 Å². The largest absolute Gasteiger partial charge is 0.480 e. The summed E-state index contributed by atoms with van der Waals surface area (Å²) in [7, 11) is 0. The zero-order chi connectivity index (χ0) is 15.0. The number of nitrogens with zero attached hydrogens (tertiary/aromatic N) is 3. The number of carboxylic acid groups (broad SMARTS) is 2. The number of carboxylic acids is 1. The molecule has 3 heterocycles. The van der Waals surface area contributed by atoms with Gasteiger partial charge in [0.15, 0.2) is 11.1 Å². The van der Waals surface area contributed by atoms with E-state index in [1.807, 2.05) is 0 Å². The lowest BCUT2D eigenvalue weighted by Gasteiger charge is -2.16. The van der Waals surface area contributed by atoms with Crippen LogP contribution in [0.1, 0.15) is 6.42 Å². The molecule has 1 saturated heterocycles. The molecule has 0 saturated carbocycles. The normalized spacial score (nSPS) is 21.6. The van der Waals surface area contributed by atoms with E-state index >= 15 is 0 Å². The second-order valence-electron chi connectivity index (χ2n) is 4.60. The Balaban J connectivity index is 1.80. The van der Waals surface area contributed by atoms with Crippen LogP contribution in [-0.4, -0.2) is 56.0 Å². The SMILES string of the molecule is O=C(O)[C@@H]1C[C@@H](Oc2noc3cccnc23)CN1C(=O)O. The van der Waals surface area contributed by atoms with Crippen LogP contribution in [0.2, 0.25) is 0 Å². The minimum absolute atomic E-state index is 0.0445. The summed E-state index contributed by atoms with van der Waals surface area (Å²) in [5.74, 6) is -1.07. The molecule has 9 heteroatoms. The Morgan fingerprint density at radius 2 is 2.24 bits per heavy atom. The van der Waals surface area contributed by atoms with Crippen LogP contribution in [0, 0.1) is 0 Å². The van der Waals surface area contributed by atoms with Crippen molar-refractivity contribution in [2.24, 2.45) is 0 Å². The smallest absolute Gasteiger partial charge is 0.408 e. The third kappa shape index (κ3) is 2.33. The van der Waals surface area contributed by atoms with Gasteiger partial charge in [0.2, 0.25) is 0 Å². The molecule has 0 radical (unpaired) electrons. The quantitative estimate of drug-likeness (QED) is 0.851. The molecule has 0 aliphatic carbocycles. The van der Waals surface area contributed by atoms with Crippen LogP contribution < -0.4 is 4.74 Å². The molecule has 1 aliphatic heterocycles. The van der Waals surface area contributed by atoms with Crippen LogP contribution in [0.4, 0.5) is 4.79 Å². The fraction of sp³-hybridized carbons (Fsp3) is 0.333. The Bertz CT molecular complexity index is 677. The minimum atomic E-state index is -1.29. The molecule has 2 aromatic rings. The molecule has 110 valence electrons. The van der Waals surface area contributed by atoms with E-state index in [4.69, 9.17) is 19.5 Å². The maximum Gasteiger partial charge on any atom is 0.408 e. The lowest BCUT2D eigenvalue weighted by molar-refractivity contribution is -0.141. The molecular weight excluding hydrogens is 282 g/mol. The number of hydrogen-bond donors (Lipinski definition) is 2. The molecule has 21 heavy (non-hydrogen) atoms. The number of likely N-dealkylation sites (tertiary alicyclic amines) is 1. The first-order valence-electron chi connectivity index (χ1n) is 6.15. The Morgan fingerprint density at radius 1 is 1.43 bits per heavy atom. The van der Waals surface area contributed by atoms with Crippen molar-refractivity contribution in [3.63, 3.8) is 0 Å². The zero-order valence-corrected chi connectivity index (χ0v) is 10.7. The molecule has 1 fully saturated rings. The molecule has 2 atom stereocenters. The van der Waals surface area contributed by atoms with Crippen molar-refractivity contribution in [1.29, 1.82) is 0 Å². The van der Waals surface area contributed by atoms with Crippen molar-refractivity contribution in [3.05, 3.63) is 18.3 Å². The molecule has 2 N–H and O–H groups in total. The van der Waals surface area contributed by atoms with Gasteiger partial charge < -0.3 is 19.5 Å². The summed E-state index contributed by atoms with van der Waals surface area (Å²) in [6.07, 6.45) is -0.317. The van der Waals surface area contributed by atoms with Gasteiger partial charge >= 0.3 is 12.1 Å². The Morgan fingerprint density at radius 3 is 2.90 bits per heavy atom. The number of rotatable bonds is 3. The lowest BCUT2D eigenvalue weighted by Crippen LogP contribution is -2.39. The Kier molecular flexibility index (Phi) is 3.09. The van der Waals surface area contributed by atoms with E-state index in [2.05, 4.69) is 10.1 Å². The van der Waals surface area contributed by atoms with Crippen molar-refractivity contribution < 1.29 is 29.1 Å². The number of pyridine rings is 1. The predicted octanol–water partition coefficient (Wildman–Crippen LogP) is 0.807. The van der Waals surface area contributed by atoms with E-state index in [1.165, 1.54) is 0 Å². The third-order valence-electron chi connectivity index (χ3n) is 3.27. The second kappa shape index (κ2) is 4.93. The highest BCUT2D eigenvalue weighted by atomic mass is 16.5. The maximum absolute atomic E-state index is 11.1. The number of aromatic nitrogens is 2. The van der Waals surface area contributed by atoms with E-state index in [9.17, 15) is 9.59 Å². The number of fused-ring (bicyclic) bond motifs is 1. The summed E-state index contributed by atoms with van der Waals surface area (Å²) in [5, 5.41) is 21.8. The average Bonchev–Trinajstić information content (AvgIpc) is 3.04. The van der Waals surface area contributed by atoms with Crippen LogP contribution in [0.25, 0.3) is 11.1 Å². The standard InChI is InChI=1S/C12H11N3O6/c16-11(17)7-4-6(5-15(7)12(18)19)20-10-9-8(21-14-10)2-1-3-13-9/h1-3,6-7H,4-5H2,(H,16,17)(H,18,19)/t6-,7+/m1/s1. The summed E-state index contributed by atoms with van der Waals surface area (Å²) in [6, 6.07) is 2.22. The van der Waals surface area contributed by atoms with E-state index < -0.39 is 24.2 Å². The first-order chi connectivity index (χ1) is 10.1. The fourth-order valence-electron chi connectivity index (χ4n) is 2.32. The molecule has 1 aliphatic rings. The number of ether oxygens (including phenoxy) is 1. The summed E-state index contributed by atoms with van der Waals surface area (Å²) < 4.78 is 10.6. The summed E-state index contributed by atoms with van der Waals surface area (Å²) >= 11 is 0. The molecule has 0 spiro atoms. The summed E-state index contributed by atoms with van der Waals surface area (Å²) in [5.41, 5.74) is 0.855. The van der Waals surface area contributed by atoms with Crippen molar-refractivity contribution in [2.45, 2.75) is 18.6 Å². The highest BCUT2D eigenvalue weighted by Gasteiger charge is 2.41. The van der Waals surface area contributed by atoms with E-state index in [0.29, 0.717) is 11.1 Å². The molecule has 9 nitrogen and oxygen atoms in total. The number of hydrogen-bond acceptors (Lipinski definition) is 6. The van der Waals surface area contributed by atoms with Crippen molar-refractivity contribution >= 4 is 23.2 Å². The van der Waals surface area contributed by atoms with E-state index in [0.717, 1.165) is 4.90 Å². The molecule has 0 aromatic carbocycles. The van der Waals surface area contributed by atoms with E-state index in [1.54, 1.807) is 18.3 Å². The third-order valence-corrected chi connectivity index (χ3v) is 3.27. The first kappa shape index (κ1) is 13.2. The van der Waals surface area contributed by atoms with Crippen LogP contribution >= 0.6 is 0 Å². The van der Waals surface area contributed by atoms with Crippen LogP contribution in [0.3, 0.4) is 0 Å². The van der Waals surface area contributed by atoms with Crippen molar-refractivity contribution in [1.82, 2.24) is 15.0 Å². The molecule has 0 unspecified atom stereocenters. The van der Waals surface area contributed by atoms with Gasteiger partial charge in [0.05, 0.1) is 6.54 Å². The van der Waals surface area contributed by atoms with Gasteiger partial charge in [-0.05, 0) is 17.3 Å². The lowest BCUT2D eigenvalue weighted by atomic mass is 10.2. The van der Waals surface area contributed by atoms with Gasteiger partial charge in [-0.1, -0.05) is 0 Å². The number of aliphatic carboxylic acids is 1. The fourth-order valence-corrected chi connectivity index (χ4v) is 2.32. The summed E-state index contributed by atoms with van der Waals surface area (Å²) in [4.78, 5) is 27.0. The van der Waals surface area contributed by atoms with Crippen LogP contribution in [-0.2, 0) is 4.79 Å². The topological polar surface area (TPSA) is 126 Å². The highest BCUT2D eigenvalue weighted by molar-refractivity contribution is 5.80. The average molecular weight is 293 g/mol. The monoisotopic (exact) mass is 293 g/mol. The van der Waals surface area contributed by atoms with Crippen molar-refractivity contribution in [2.75, 3.05) is 6.54 Å². The maximum atomic E-state index is 11.1. The van der Waals surface area contributed by atoms with Gasteiger partial charge in [0.1, 0.15) is 12.1 Å². The van der Waals surface area contributed by atoms with Gasteiger partial charge in [0, 0.05) is 12.6 Å². The minimum Gasteiger partial charge on any atom is -0.480 e. The molecule has 1 amide bonds. The van der Waals surface area contributed by atoms with Crippen LogP contribution in [0.5, 0.6) is 5.88 Å². The second-order valence-corrected chi connectivity index (χ2v) is 4.60. The predicted molar refractivity (Wildman–Crippen MR) is 67.0 cm³/mol. The summed E-state index contributed by atoms with van der Waals surface area (Å²) in [6.45, 7) is -0.0481. The molecule has 0 bridgehead atoms. The van der Waals surface area contributed by atoms with E-state index in [-0.39, 0.29) is 18.8 Å². The van der Waals surface area contributed by atoms with Gasteiger partial charge in [-0.15, -0.1) is 0 Å².